The summed E-state index contributed by atoms with van der Waals surface area (Å²) in [5.74, 6) is 1.17. The highest BCUT2D eigenvalue weighted by atomic mass is 15.2. The maximum absolute atomic E-state index is 6.16. The van der Waals surface area contributed by atoms with Crippen molar-refractivity contribution in [3.8, 4) is 0 Å². The summed E-state index contributed by atoms with van der Waals surface area (Å²) in [6, 6.07) is 2.34. The number of rotatable bonds is 4. The lowest BCUT2D eigenvalue weighted by atomic mass is 9.91. The van der Waals surface area contributed by atoms with Crippen molar-refractivity contribution >= 4 is 23.1 Å². The van der Waals surface area contributed by atoms with Gasteiger partial charge in [0.25, 0.3) is 0 Å². The molecule has 6 N–H and O–H groups in total. The topological polar surface area (TPSA) is 107 Å². The number of nitrogens with two attached hydrogens (primary N) is 2. The Morgan fingerprint density at radius 1 is 1.32 bits per heavy atom. The number of nitrogens with zero attached hydrogens (tertiary/aromatic N) is 3. The van der Waals surface area contributed by atoms with Crippen molar-refractivity contribution in [2.45, 2.75) is 37.8 Å². The largest absolute Gasteiger partial charge is 0.394 e. The van der Waals surface area contributed by atoms with Crippen LogP contribution in [0, 0.1) is 0 Å². The molecular weight excluding hydrogens is 278 g/mol. The van der Waals surface area contributed by atoms with Crippen LogP contribution in [0.5, 0.6) is 0 Å². The van der Waals surface area contributed by atoms with Gasteiger partial charge >= 0.3 is 0 Å². The maximum Gasteiger partial charge on any atom is 0.225 e. The number of hydrogen-bond acceptors (Lipinski definition) is 6. The Hall–Kier alpha value is -2.28. The summed E-state index contributed by atoms with van der Waals surface area (Å²) in [6.45, 7) is 0. The molecule has 0 saturated heterocycles. The first kappa shape index (κ1) is 14.6. The number of nitrogen functional groups attached to an aromatic ring is 1. The van der Waals surface area contributed by atoms with E-state index in [9.17, 15) is 0 Å². The van der Waals surface area contributed by atoms with Gasteiger partial charge in [-0.15, -0.1) is 0 Å². The Bertz CT molecular complexity index is 637. The van der Waals surface area contributed by atoms with E-state index in [2.05, 4.69) is 20.6 Å². The molecule has 0 aliphatic heterocycles. The van der Waals surface area contributed by atoms with Gasteiger partial charge in [-0.05, 0) is 18.9 Å². The summed E-state index contributed by atoms with van der Waals surface area (Å²) >= 11 is 0. The van der Waals surface area contributed by atoms with Crippen LogP contribution in [-0.4, -0.2) is 26.6 Å². The smallest absolute Gasteiger partial charge is 0.225 e. The summed E-state index contributed by atoms with van der Waals surface area (Å²) in [4.78, 5) is 8.75. The van der Waals surface area contributed by atoms with Crippen molar-refractivity contribution in [1.82, 2.24) is 14.5 Å². The molecule has 1 fully saturated rings. The monoisotopic (exact) mass is 301 g/mol. The van der Waals surface area contributed by atoms with Gasteiger partial charge in [0.2, 0.25) is 5.95 Å². The molecule has 1 aliphatic carbocycles. The molecule has 0 aromatic carbocycles. The molecule has 7 nitrogen and oxygen atoms in total. The number of hydrogen-bond donors (Lipinski definition) is 4. The minimum absolute atomic E-state index is 0.153. The third-order valence-corrected chi connectivity index (χ3v) is 4.05. The van der Waals surface area contributed by atoms with E-state index < -0.39 is 0 Å². The Morgan fingerprint density at radius 2 is 2.14 bits per heavy atom. The summed E-state index contributed by atoms with van der Waals surface area (Å²) < 4.78 is 1.96. The van der Waals surface area contributed by atoms with Crippen molar-refractivity contribution in [3.05, 3.63) is 24.7 Å². The van der Waals surface area contributed by atoms with Gasteiger partial charge in [-0.25, -0.2) is 4.98 Å². The number of aromatic nitrogens is 3. The van der Waals surface area contributed by atoms with E-state index in [-0.39, 0.29) is 12.1 Å². The van der Waals surface area contributed by atoms with E-state index in [0.717, 1.165) is 18.5 Å². The van der Waals surface area contributed by atoms with E-state index in [0.29, 0.717) is 17.5 Å². The van der Waals surface area contributed by atoms with E-state index in [4.69, 9.17) is 11.5 Å². The predicted molar refractivity (Wildman–Crippen MR) is 89.0 cm³/mol. The predicted octanol–water partition coefficient (Wildman–Crippen LogP) is 1.82. The highest BCUT2D eigenvalue weighted by Gasteiger charge is 2.22. The zero-order chi connectivity index (χ0) is 15.5. The van der Waals surface area contributed by atoms with Crippen LogP contribution in [0.1, 0.15) is 25.7 Å². The van der Waals surface area contributed by atoms with Crippen LogP contribution in [0.4, 0.5) is 23.1 Å². The zero-order valence-corrected chi connectivity index (χ0v) is 12.8. The van der Waals surface area contributed by atoms with Gasteiger partial charge in [0.05, 0.1) is 17.6 Å². The summed E-state index contributed by atoms with van der Waals surface area (Å²) in [5, 5.41) is 6.55. The molecule has 0 bridgehead atoms. The molecule has 0 unspecified atom stereocenters. The molecule has 118 valence electrons. The van der Waals surface area contributed by atoms with E-state index in [1.165, 1.54) is 12.8 Å². The Balaban J connectivity index is 1.74. The third-order valence-electron chi connectivity index (χ3n) is 4.05. The van der Waals surface area contributed by atoms with Gasteiger partial charge in [0.15, 0.2) is 5.82 Å². The van der Waals surface area contributed by atoms with Crippen LogP contribution in [0.15, 0.2) is 24.7 Å². The van der Waals surface area contributed by atoms with Crippen LogP contribution in [-0.2, 0) is 7.05 Å². The molecular formula is C15H23N7. The SMILES string of the molecule is Cn1ccc(Nc2nc(N[C@@H]3CCCC[C@@H]3N)ncc2N)c1. The minimum Gasteiger partial charge on any atom is -0.394 e. The molecule has 2 aromatic rings. The maximum atomic E-state index is 6.16. The summed E-state index contributed by atoms with van der Waals surface area (Å²) in [6.07, 6.45) is 10.0. The fraction of sp³-hybridized carbons (Fsp3) is 0.467. The lowest BCUT2D eigenvalue weighted by Crippen LogP contribution is -2.43. The third kappa shape index (κ3) is 3.30. The van der Waals surface area contributed by atoms with Crippen LogP contribution < -0.4 is 22.1 Å². The van der Waals surface area contributed by atoms with Crippen LogP contribution >= 0.6 is 0 Å². The lowest BCUT2D eigenvalue weighted by molar-refractivity contribution is 0.402. The van der Waals surface area contributed by atoms with Crippen molar-refractivity contribution in [2.24, 2.45) is 12.8 Å². The molecule has 22 heavy (non-hydrogen) atoms. The molecule has 3 rings (SSSR count). The second-order valence-corrected chi connectivity index (χ2v) is 5.89. The first-order valence-corrected chi connectivity index (χ1v) is 7.65. The number of nitrogens with one attached hydrogen (secondary N) is 2. The van der Waals surface area contributed by atoms with Crippen LogP contribution in [0.2, 0.25) is 0 Å². The zero-order valence-electron chi connectivity index (χ0n) is 12.8. The Labute approximate surface area is 130 Å². The van der Waals surface area contributed by atoms with Gasteiger partial charge in [-0.2, -0.15) is 4.98 Å². The van der Waals surface area contributed by atoms with Crippen LogP contribution in [0.3, 0.4) is 0 Å². The second-order valence-electron chi connectivity index (χ2n) is 5.89. The van der Waals surface area contributed by atoms with Crippen LogP contribution in [0.25, 0.3) is 0 Å². The molecule has 2 atom stereocenters. The van der Waals surface area contributed by atoms with Crippen molar-refractivity contribution in [2.75, 3.05) is 16.4 Å². The van der Waals surface area contributed by atoms with E-state index >= 15 is 0 Å². The van der Waals surface area contributed by atoms with Gasteiger partial charge in [0.1, 0.15) is 0 Å². The standard InChI is InChI=1S/C15H23N7/c1-22-7-6-10(9-22)19-14-12(17)8-18-15(21-14)20-13-5-3-2-4-11(13)16/h6-9,11,13H,2-5,16-17H2,1H3,(H2,18,19,20,21)/t11-,13+/m0/s1. The van der Waals surface area contributed by atoms with E-state index in [1.54, 1.807) is 6.20 Å². The molecule has 1 aliphatic rings. The highest BCUT2D eigenvalue weighted by molar-refractivity contribution is 5.68. The Kier molecular flexibility index (Phi) is 4.15. The van der Waals surface area contributed by atoms with Gasteiger partial charge in [0, 0.05) is 31.5 Å². The minimum atomic E-state index is 0.153. The molecule has 2 heterocycles. The fourth-order valence-electron chi connectivity index (χ4n) is 2.78. The summed E-state index contributed by atoms with van der Waals surface area (Å²) in [5.41, 5.74) is 13.6. The molecule has 1 saturated carbocycles. The highest BCUT2D eigenvalue weighted by Crippen LogP contribution is 2.24. The average Bonchev–Trinajstić information content (AvgIpc) is 2.90. The van der Waals surface area contributed by atoms with Gasteiger partial charge in [-0.3, -0.25) is 0 Å². The molecule has 2 aromatic heterocycles. The van der Waals surface area contributed by atoms with Crippen molar-refractivity contribution in [1.29, 1.82) is 0 Å². The van der Waals surface area contributed by atoms with Crippen molar-refractivity contribution in [3.63, 3.8) is 0 Å². The summed E-state index contributed by atoms with van der Waals surface area (Å²) in [7, 11) is 1.96. The lowest BCUT2D eigenvalue weighted by Gasteiger charge is -2.29. The number of aryl methyl sites for hydroxylation is 1. The Morgan fingerprint density at radius 3 is 2.86 bits per heavy atom. The fourth-order valence-corrected chi connectivity index (χ4v) is 2.78. The molecule has 0 amide bonds. The molecule has 7 heteroatoms. The van der Waals surface area contributed by atoms with Crippen molar-refractivity contribution < 1.29 is 0 Å². The van der Waals surface area contributed by atoms with Gasteiger partial charge in [-0.1, -0.05) is 12.8 Å². The normalized spacial score (nSPS) is 21.5. The molecule has 0 radical (unpaired) electrons. The first-order valence-electron chi connectivity index (χ1n) is 7.65. The average molecular weight is 301 g/mol. The second kappa shape index (κ2) is 6.23. The number of anilines is 4. The van der Waals surface area contributed by atoms with E-state index in [1.807, 2.05) is 30.1 Å². The first-order chi connectivity index (χ1) is 10.6. The van der Waals surface area contributed by atoms with Gasteiger partial charge < -0.3 is 26.7 Å². The molecule has 0 spiro atoms. The quantitative estimate of drug-likeness (QED) is 0.686.